The number of likely N-dealkylation sites (tertiary alicyclic amines) is 1. The van der Waals surface area contributed by atoms with E-state index in [9.17, 15) is 19.5 Å². The van der Waals surface area contributed by atoms with E-state index in [2.05, 4.69) is 6.58 Å². The Labute approximate surface area is 221 Å². The second-order valence-electron chi connectivity index (χ2n) is 10.0. The number of unbranched alkanes of at least 4 members (excludes halogenated alkanes) is 1. The number of aliphatic hydroxyl groups is 1. The molecule has 7 nitrogen and oxygen atoms in total. The standard InChI is InChI=1S/C29H34N2O5S/c1-3-15-30(21-12-11-19-9-5-6-10-20(19)18-21)27(34)25-29-14-13-22(37-29)23(28(35)36-4-2)24(29)26(33)31(25)16-7-8-17-32/h3,5-6,9-12,18,22-25,32H,1,4,7-8,13-17H2,2H3/t22-,23+,24-,25?,29?/m0/s1. The van der Waals surface area contributed by atoms with E-state index >= 15 is 0 Å². The lowest BCUT2D eigenvalue weighted by Crippen LogP contribution is -2.55. The maximum absolute atomic E-state index is 14.5. The Balaban J connectivity index is 1.55. The van der Waals surface area contributed by atoms with E-state index < -0.39 is 22.6 Å². The molecule has 2 aromatic carbocycles. The first-order valence-corrected chi connectivity index (χ1v) is 14.0. The van der Waals surface area contributed by atoms with Crippen LogP contribution in [0, 0.1) is 11.8 Å². The molecule has 2 aromatic rings. The minimum atomic E-state index is -0.690. The molecule has 0 saturated carbocycles. The Morgan fingerprint density at radius 2 is 2.03 bits per heavy atom. The Hall–Kier alpha value is -2.84. The van der Waals surface area contributed by atoms with E-state index in [1.54, 1.807) is 34.6 Å². The lowest BCUT2D eigenvalue weighted by atomic mass is 9.71. The van der Waals surface area contributed by atoms with Crippen molar-refractivity contribution in [2.75, 3.05) is 31.2 Å². The van der Waals surface area contributed by atoms with Gasteiger partial charge in [-0.1, -0.05) is 36.4 Å². The molecule has 0 aromatic heterocycles. The molecule has 1 N–H and O–H groups in total. The smallest absolute Gasteiger partial charge is 0.310 e. The molecule has 5 rings (SSSR count). The third-order valence-electron chi connectivity index (χ3n) is 8.02. The molecular weight excluding hydrogens is 488 g/mol. The zero-order chi connectivity index (χ0) is 26.2. The molecule has 5 atom stereocenters. The lowest BCUT2D eigenvalue weighted by molar-refractivity contribution is -0.153. The van der Waals surface area contributed by atoms with Crippen LogP contribution in [0.5, 0.6) is 0 Å². The monoisotopic (exact) mass is 522 g/mol. The van der Waals surface area contributed by atoms with Crippen LogP contribution in [0.3, 0.4) is 0 Å². The van der Waals surface area contributed by atoms with Crippen molar-refractivity contribution in [3.05, 3.63) is 55.1 Å². The summed E-state index contributed by atoms with van der Waals surface area (Å²) in [6.07, 6.45) is 4.32. The molecule has 3 fully saturated rings. The molecule has 3 aliphatic heterocycles. The van der Waals surface area contributed by atoms with Gasteiger partial charge in [-0.25, -0.2) is 0 Å². The highest BCUT2D eigenvalue weighted by Gasteiger charge is 2.74. The fourth-order valence-electron chi connectivity index (χ4n) is 6.52. The Morgan fingerprint density at radius 1 is 1.24 bits per heavy atom. The first-order chi connectivity index (χ1) is 18.0. The zero-order valence-corrected chi connectivity index (χ0v) is 22.0. The second kappa shape index (κ2) is 10.5. The van der Waals surface area contributed by atoms with Gasteiger partial charge in [-0.15, -0.1) is 18.3 Å². The van der Waals surface area contributed by atoms with Crippen LogP contribution < -0.4 is 4.90 Å². The summed E-state index contributed by atoms with van der Waals surface area (Å²) in [5, 5.41) is 11.5. The maximum Gasteiger partial charge on any atom is 0.310 e. The molecule has 196 valence electrons. The van der Waals surface area contributed by atoms with Crippen LogP contribution in [-0.2, 0) is 19.1 Å². The van der Waals surface area contributed by atoms with Gasteiger partial charge in [0.25, 0.3) is 5.91 Å². The SMILES string of the molecule is C=CCN(C(=O)C1N(CCCCO)C(=O)[C@@H]2[C@H](C(=O)OCC)[C@@H]3CCC12S3)c1ccc2ccccc2c1. The Bertz CT molecular complexity index is 1220. The molecule has 3 heterocycles. The van der Waals surface area contributed by atoms with Crippen molar-refractivity contribution in [1.82, 2.24) is 4.90 Å². The van der Waals surface area contributed by atoms with Crippen molar-refractivity contribution in [1.29, 1.82) is 0 Å². The minimum absolute atomic E-state index is 0.0172. The van der Waals surface area contributed by atoms with E-state index in [1.807, 2.05) is 42.5 Å². The van der Waals surface area contributed by atoms with Gasteiger partial charge in [-0.3, -0.25) is 14.4 Å². The number of carbonyl (C=O) groups excluding carboxylic acids is 3. The molecule has 2 bridgehead atoms. The maximum atomic E-state index is 14.5. The molecular formula is C29H34N2O5S. The lowest BCUT2D eigenvalue weighted by Gasteiger charge is -2.37. The third kappa shape index (κ3) is 4.24. The third-order valence-corrected chi connectivity index (χ3v) is 9.97. The minimum Gasteiger partial charge on any atom is -0.466 e. The number of benzene rings is 2. The van der Waals surface area contributed by atoms with E-state index in [-0.39, 0.29) is 36.2 Å². The fourth-order valence-corrected chi connectivity index (χ4v) is 8.72. The molecule has 3 saturated heterocycles. The summed E-state index contributed by atoms with van der Waals surface area (Å²) in [5.41, 5.74) is 0.755. The van der Waals surface area contributed by atoms with Crippen molar-refractivity contribution >= 4 is 46.0 Å². The molecule has 0 aliphatic carbocycles. The number of carbonyl (C=O) groups is 3. The van der Waals surface area contributed by atoms with Gasteiger partial charge in [-0.05, 0) is 55.5 Å². The number of nitrogens with zero attached hydrogens (tertiary/aromatic N) is 2. The highest BCUT2D eigenvalue weighted by molar-refractivity contribution is 8.02. The summed E-state index contributed by atoms with van der Waals surface area (Å²) >= 11 is 1.64. The van der Waals surface area contributed by atoms with Crippen molar-refractivity contribution < 1.29 is 24.2 Å². The fraction of sp³-hybridized carbons (Fsp3) is 0.483. The summed E-state index contributed by atoms with van der Waals surface area (Å²) in [7, 11) is 0. The van der Waals surface area contributed by atoms with Crippen LogP contribution in [-0.4, -0.2) is 70.1 Å². The van der Waals surface area contributed by atoms with Crippen LogP contribution in [0.1, 0.15) is 32.6 Å². The van der Waals surface area contributed by atoms with Crippen molar-refractivity contribution in [2.45, 2.75) is 48.6 Å². The van der Waals surface area contributed by atoms with Crippen molar-refractivity contribution in [3.8, 4) is 0 Å². The summed E-state index contributed by atoms with van der Waals surface area (Å²) in [6.45, 7) is 6.63. The van der Waals surface area contributed by atoms with Gasteiger partial charge in [0.15, 0.2) is 0 Å². The van der Waals surface area contributed by atoms with Gasteiger partial charge in [0, 0.05) is 30.6 Å². The van der Waals surface area contributed by atoms with Crippen LogP contribution >= 0.6 is 11.8 Å². The number of anilines is 1. The molecule has 1 spiro atoms. The van der Waals surface area contributed by atoms with Gasteiger partial charge in [-0.2, -0.15) is 0 Å². The van der Waals surface area contributed by atoms with Crippen LogP contribution in [0.25, 0.3) is 10.8 Å². The van der Waals surface area contributed by atoms with E-state index in [4.69, 9.17) is 4.74 Å². The van der Waals surface area contributed by atoms with Crippen LogP contribution in [0.4, 0.5) is 5.69 Å². The number of esters is 1. The summed E-state index contributed by atoms with van der Waals surface area (Å²) < 4.78 is 4.73. The highest BCUT2D eigenvalue weighted by Crippen LogP contribution is 2.66. The number of thioether (sulfide) groups is 1. The van der Waals surface area contributed by atoms with Gasteiger partial charge in [0.1, 0.15) is 6.04 Å². The van der Waals surface area contributed by atoms with Crippen LogP contribution in [0.2, 0.25) is 0 Å². The number of hydrogen-bond donors (Lipinski definition) is 1. The number of amides is 2. The van der Waals surface area contributed by atoms with E-state index in [1.165, 1.54) is 0 Å². The predicted octanol–water partition coefficient (Wildman–Crippen LogP) is 3.79. The molecule has 0 radical (unpaired) electrons. The van der Waals surface area contributed by atoms with Gasteiger partial charge in [0.05, 0.1) is 23.2 Å². The molecule has 3 aliphatic rings. The quantitative estimate of drug-likeness (QED) is 0.290. The van der Waals surface area contributed by atoms with Crippen molar-refractivity contribution in [2.24, 2.45) is 11.8 Å². The topological polar surface area (TPSA) is 87.2 Å². The van der Waals surface area contributed by atoms with Crippen LogP contribution in [0.15, 0.2) is 55.1 Å². The first-order valence-electron chi connectivity index (χ1n) is 13.1. The van der Waals surface area contributed by atoms with Gasteiger partial charge < -0.3 is 19.6 Å². The average molecular weight is 523 g/mol. The summed E-state index contributed by atoms with van der Waals surface area (Å²) in [6, 6.07) is 13.2. The van der Waals surface area contributed by atoms with Crippen molar-refractivity contribution in [3.63, 3.8) is 0 Å². The number of aliphatic hydroxyl groups excluding tert-OH is 1. The highest BCUT2D eigenvalue weighted by atomic mass is 32.2. The summed E-state index contributed by atoms with van der Waals surface area (Å²) in [5.74, 6) is -1.71. The molecule has 2 unspecified atom stereocenters. The van der Waals surface area contributed by atoms with E-state index in [0.717, 1.165) is 22.9 Å². The summed E-state index contributed by atoms with van der Waals surface area (Å²) in [4.78, 5) is 44.9. The van der Waals surface area contributed by atoms with Gasteiger partial charge >= 0.3 is 5.97 Å². The second-order valence-corrected chi connectivity index (χ2v) is 11.6. The molecule has 37 heavy (non-hydrogen) atoms. The number of fused-ring (bicyclic) bond motifs is 2. The number of rotatable bonds is 10. The molecule has 2 amide bonds. The van der Waals surface area contributed by atoms with E-state index in [0.29, 0.717) is 32.4 Å². The normalized spacial score (nSPS) is 27.9. The largest absolute Gasteiger partial charge is 0.466 e. The number of ether oxygens (including phenoxy) is 1. The zero-order valence-electron chi connectivity index (χ0n) is 21.2. The Morgan fingerprint density at radius 3 is 2.76 bits per heavy atom. The predicted molar refractivity (Wildman–Crippen MR) is 145 cm³/mol. The average Bonchev–Trinajstić information content (AvgIpc) is 3.54. The Kier molecular flexibility index (Phi) is 7.32. The first kappa shape index (κ1) is 25.8. The molecule has 8 heteroatoms. The number of hydrogen-bond acceptors (Lipinski definition) is 6. The van der Waals surface area contributed by atoms with Gasteiger partial charge in [0.2, 0.25) is 5.91 Å².